The molecule has 0 aliphatic carbocycles. The average Bonchev–Trinajstić information content (AvgIpc) is 2.39. The van der Waals surface area contributed by atoms with Gasteiger partial charge in [0.25, 0.3) is 0 Å². The number of carbonyl (C=O) groups is 1. The third-order valence-corrected chi connectivity index (χ3v) is 2.30. The number of aromatic nitrogens is 1. The van der Waals surface area contributed by atoms with E-state index in [1.54, 1.807) is 24.4 Å². The SMILES string of the molecule is N#Cc1ccc(-c2ccncc2C=O)cc1. The number of rotatable bonds is 2. The lowest BCUT2D eigenvalue weighted by atomic mass is 10.0. The third-order valence-electron chi connectivity index (χ3n) is 2.30. The van der Waals surface area contributed by atoms with Crippen LogP contribution in [0, 0.1) is 11.3 Å². The number of aldehydes is 1. The fourth-order valence-corrected chi connectivity index (χ4v) is 1.49. The maximum atomic E-state index is 10.8. The van der Waals surface area contributed by atoms with Gasteiger partial charge in [-0.1, -0.05) is 12.1 Å². The quantitative estimate of drug-likeness (QED) is 0.712. The highest BCUT2D eigenvalue weighted by molar-refractivity contribution is 5.86. The highest BCUT2D eigenvalue weighted by Gasteiger charge is 2.03. The molecule has 0 amide bonds. The van der Waals surface area contributed by atoms with E-state index in [1.807, 2.05) is 12.1 Å². The predicted molar refractivity (Wildman–Crippen MR) is 59.8 cm³/mol. The van der Waals surface area contributed by atoms with Gasteiger partial charge in [-0.05, 0) is 29.3 Å². The van der Waals surface area contributed by atoms with Crippen molar-refractivity contribution in [2.45, 2.75) is 0 Å². The standard InChI is InChI=1S/C13H8N2O/c14-7-10-1-3-11(4-2-10)13-5-6-15-8-12(13)9-16/h1-6,8-9H. The Labute approximate surface area is 93.0 Å². The topological polar surface area (TPSA) is 53.8 Å². The molecule has 2 rings (SSSR count). The van der Waals surface area contributed by atoms with Crippen molar-refractivity contribution in [2.24, 2.45) is 0 Å². The van der Waals surface area contributed by atoms with E-state index in [-0.39, 0.29) is 0 Å². The van der Waals surface area contributed by atoms with Gasteiger partial charge in [0.2, 0.25) is 0 Å². The number of nitriles is 1. The maximum Gasteiger partial charge on any atom is 0.152 e. The van der Waals surface area contributed by atoms with Crippen molar-refractivity contribution < 1.29 is 4.79 Å². The van der Waals surface area contributed by atoms with Gasteiger partial charge in [0, 0.05) is 18.0 Å². The summed E-state index contributed by atoms with van der Waals surface area (Å²) < 4.78 is 0. The molecule has 2 aromatic rings. The van der Waals surface area contributed by atoms with Crippen LogP contribution in [-0.2, 0) is 0 Å². The highest BCUT2D eigenvalue weighted by Crippen LogP contribution is 2.21. The minimum Gasteiger partial charge on any atom is -0.298 e. The Morgan fingerprint density at radius 3 is 2.56 bits per heavy atom. The van der Waals surface area contributed by atoms with Crippen LogP contribution in [0.5, 0.6) is 0 Å². The molecule has 0 fully saturated rings. The molecule has 0 saturated heterocycles. The first-order chi connectivity index (χ1) is 7.85. The molecule has 16 heavy (non-hydrogen) atoms. The summed E-state index contributed by atoms with van der Waals surface area (Å²) in [6.07, 6.45) is 3.95. The number of hydrogen-bond donors (Lipinski definition) is 0. The lowest BCUT2D eigenvalue weighted by Gasteiger charge is -2.03. The van der Waals surface area contributed by atoms with E-state index < -0.39 is 0 Å². The second kappa shape index (κ2) is 4.37. The van der Waals surface area contributed by atoms with Crippen molar-refractivity contribution in [1.29, 1.82) is 5.26 Å². The van der Waals surface area contributed by atoms with Crippen LogP contribution in [0.4, 0.5) is 0 Å². The van der Waals surface area contributed by atoms with Gasteiger partial charge in [-0.25, -0.2) is 0 Å². The van der Waals surface area contributed by atoms with Gasteiger partial charge >= 0.3 is 0 Å². The fraction of sp³-hybridized carbons (Fsp3) is 0. The Bertz CT molecular complexity index is 553. The van der Waals surface area contributed by atoms with E-state index in [0.29, 0.717) is 11.1 Å². The molecular weight excluding hydrogens is 200 g/mol. The Hall–Kier alpha value is -2.47. The van der Waals surface area contributed by atoms with Crippen LogP contribution in [0.15, 0.2) is 42.7 Å². The summed E-state index contributed by atoms with van der Waals surface area (Å²) in [4.78, 5) is 14.7. The minimum absolute atomic E-state index is 0.548. The zero-order chi connectivity index (χ0) is 11.4. The Morgan fingerprint density at radius 2 is 1.94 bits per heavy atom. The predicted octanol–water partition coefficient (Wildman–Crippen LogP) is 2.43. The summed E-state index contributed by atoms with van der Waals surface area (Å²) in [5.74, 6) is 0. The molecule has 3 heteroatoms. The first kappa shape index (κ1) is 10.1. The van der Waals surface area contributed by atoms with Gasteiger partial charge in [0.05, 0.1) is 11.6 Å². The van der Waals surface area contributed by atoms with Crippen molar-refractivity contribution >= 4 is 6.29 Å². The molecule has 1 heterocycles. The number of hydrogen-bond acceptors (Lipinski definition) is 3. The van der Waals surface area contributed by atoms with Crippen molar-refractivity contribution in [3.63, 3.8) is 0 Å². The molecule has 1 aromatic carbocycles. The first-order valence-electron chi connectivity index (χ1n) is 4.75. The summed E-state index contributed by atoms with van der Waals surface area (Å²) >= 11 is 0. The van der Waals surface area contributed by atoms with Crippen LogP contribution in [-0.4, -0.2) is 11.3 Å². The molecule has 0 aliphatic rings. The first-order valence-corrected chi connectivity index (χ1v) is 4.75. The largest absolute Gasteiger partial charge is 0.298 e. The molecule has 0 bridgehead atoms. The van der Waals surface area contributed by atoms with Gasteiger partial charge in [0.15, 0.2) is 6.29 Å². The van der Waals surface area contributed by atoms with E-state index in [0.717, 1.165) is 17.4 Å². The van der Waals surface area contributed by atoms with Crippen LogP contribution < -0.4 is 0 Å². The Balaban J connectivity index is 2.51. The number of benzene rings is 1. The van der Waals surface area contributed by atoms with Crippen molar-refractivity contribution in [2.75, 3.05) is 0 Å². The molecular formula is C13H8N2O. The number of carbonyl (C=O) groups excluding carboxylic acids is 1. The molecule has 0 spiro atoms. The lowest BCUT2D eigenvalue weighted by Crippen LogP contribution is -1.88. The number of pyridine rings is 1. The molecule has 0 aliphatic heterocycles. The van der Waals surface area contributed by atoms with Gasteiger partial charge in [-0.2, -0.15) is 5.26 Å². The third kappa shape index (κ3) is 1.82. The summed E-state index contributed by atoms with van der Waals surface area (Å²) in [5.41, 5.74) is 2.88. The van der Waals surface area contributed by atoms with Crippen LogP contribution >= 0.6 is 0 Å². The second-order valence-electron chi connectivity index (χ2n) is 3.27. The second-order valence-corrected chi connectivity index (χ2v) is 3.27. The highest BCUT2D eigenvalue weighted by atomic mass is 16.1. The molecule has 0 radical (unpaired) electrons. The fourth-order valence-electron chi connectivity index (χ4n) is 1.49. The maximum absolute atomic E-state index is 10.8. The Morgan fingerprint density at radius 1 is 1.19 bits per heavy atom. The zero-order valence-corrected chi connectivity index (χ0v) is 8.42. The van der Waals surface area contributed by atoms with Crippen molar-refractivity contribution in [3.05, 3.63) is 53.9 Å². The summed E-state index contributed by atoms with van der Waals surface area (Å²) in [7, 11) is 0. The molecule has 3 nitrogen and oxygen atoms in total. The van der Waals surface area contributed by atoms with Crippen molar-refractivity contribution in [3.8, 4) is 17.2 Å². The summed E-state index contributed by atoms with van der Waals surface area (Å²) in [6, 6.07) is 10.9. The zero-order valence-electron chi connectivity index (χ0n) is 8.42. The molecule has 76 valence electrons. The molecule has 1 aromatic heterocycles. The normalized spacial score (nSPS) is 9.44. The van der Waals surface area contributed by atoms with Crippen molar-refractivity contribution in [1.82, 2.24) is 4.98 Å². The number of nitrogens with zero attached hydrogens (tertiary/aromatic N) is 2. The van der Waals surface area contributed by atoms with Gasteiger partial charge in [0.1, 0.15) is 0 Å². The van der Waals surface area contributed by atoms with Crippen LogP contribution in [0.2, 0.25) is 0 Å². The van der Waals surface area contributed by atoms with E-state index in [1.165, 1.54) is 6.20 Å². The smallest absolute Gasteiger partial charge is 0.152 e. The summed E-state index contributed by atoms with van der Waals surface area (Å²) in [5, 5.41) is 8.68. The minimum atomic E-state index is 0.548. The van der Waals surface area contributed by atoms with E-state index in [2.05, 4.69) is 11.1 Å². The molecule has 0 saturated carbocycles. The van der Waals surface area contributed by atoms with E-state index in [9.17, 15) is 4.79 Å². The monoisotopic (exact) mass is 208 g/mol. The lowest BCUT2D eigenvalue weighted by molar-refractivity contribution is 0.112. The van der Waals surface area contributed by atoms with E-state index >= 15 is 0 Å². The van der Waals surface area contributed by atoms with Gasteiger partial charge < -0.3 is 0 Å². The van der Waals surface area contributed by atoms with Crippen LogP contribution in [0.3, 0.4) is 0 Å². The Kier molecular flexibility index (Phi) is 2.75. The van der Waals surface area contributed by atoms with Gasteiger partial charge in [-0.3, -0.25) is 9.78 Å². The van der Waals surface area contributed by atoms with E-state index in [4.69, 9.17) is 5.26 Å². The average molecular weight is 208 g/mol. The molecule has 0 atom stereocenters. The van der Waals surface area contributed by atoms with Crippen LogP contribution in [0.25, 0.3) is 11.1 Å². The summed E-state index contributed by atoms with van der Waals surface area (Å²) in [6.45, 7) is 0. The van der Waals surface area contributed by atoms with Gasteiger partial charge in [-0.15, -0.1) is 0 Å². The molecule has 0 N–H and O–H groups in total. The molecule has 0 unspecified atom stereocenters. The van der Waals surface area contributed by atoms with Crippen LogP contribution in [0.1, 0.15) is 15.9 Å².